The Kier molecular flexibility index (Phi) is 43.4. The number of carbonyl (C=O) groups is 11. The Morgan fingerprint density at radius 1 is 0.493 bits per heavy atom. The minimum absolute atomic E-state index is 0.0144. The Labute approximate surface area is 406 Å². The number of carboxylic acid groups (broad SMARTS) is 5. The lowest BCUT2D eigenvalue weighted by atomic mass is 10.0. The maximum absolute atomic E-state index is 11.1. The van der Waals surface area contributed by atoms with E-state index in [1.165, 1.54) is 6.92 Å². The number of allylic oxidation sites excluding steroid dienone is 1. The summed E-state index contributed by atoms with van der Waals surface area (Å²) >= 11 is 1.15. The van der Waals surface area contributed by atoms with Crippen molar-refractivity contribution in [1.82, 2.24) is 10.6 Å². The Balaban J connectivity index is -0.000000247. The van der Waals surface area contributed by atoms with Crippen LogP contribution in [-0.2, 0) is 57.5 Å². The van der Waals surface area contributed by atoms with E-state index in [4.69, 9.17) is 58.9 Å². The van der Waals surface area contributed by atoms with Gasteiger partial charge < -0.3 is 69.6 Å². The number of esters is 1. The highest BCUT2D eigenvalue weighted by atomic mass is 32.2. The molecule has 0 heterocycles. The SMILES string of the molecule is C=C(C(C)=O)C(=O)CCC(N)C(=O)O.C=C(C)C(=O)NCCC(N)C(=O)O.C=C(C)C(=O)NCCCC(N)C(=O)O.C=C(C)C(=O)OCCCC(N)C(=O)O.C=C(C)C(=O)SCCCC(N)C(=O)O. The molecular formula is C44H73N7O17S. The number of ether oxygens (including phenoxy) is 1. The first-order valence-electron chi connectivity index (χ1n) is 20.8. The summed E-state index contributed by atoms with van der Waals surface area (Å²) < 4.78 is 4.75. The standard InChI is InChI=1S/C9H16N2O3.C9H15NO4.C9H13NO4.C9H15NO3S.C8H14N2O3/c1-6(2)8(12)11-5-3-4-7(10)9(13)14;1-6(2)9(13)14-5-3-4-7(10)8(11)12;1-5(6(2)11)8(12)4-3-7(10)9(13)14;1-6(2)9(13)14-5-3-4-7(10)8(11)12;1-5(2)7(11)10-4-3-6(9)8(12)13/h7H,1,3-5,10H2,2H3,(H,11,12)(H,13,14);7H,1,3-5,10H2,2H3,(H,11,12);7H,1,3-4,10H2,2H3,(H,13,14);7H,1,3-5,10H2,2H3,(H,11,12);6H,1,3-4,9H2,2H3,(H,10,11)(H,12,13). The number of aliphatic carboxylic acids is 5. The van der Waals surface area contributed by atoms with Crippen molar-refractivity contribution >= 4 is 76.1 Å². The molecule has 0 fully saturated rings. The van der Waals surface area contributed by atoms with Crippen LogP contribution in [-0.4, -0.2) is 146 Å². The summed E-state index contributed by atoms with van der Waals surface area (Å²) in [7, 11) is 0. The van der Waals surface area contributed by atoms with E-state index >= 15 is 0 Å². The third-order valence-corrected chi connectivity index (χ3v) is 9.11. The minimum atomic E-state index is -1.16. The molecule has 25 heteroatoms. The second-order valence-electron chi connectivity index (χ2n) is 14.8. The highest BCUT2D eigenvalue weighted by molar-refractivity contribution is 8.14. The van der Waals surface area contributed by atoms with E-state index in [1.54, 1.807) is 27.7 Å². The zero-order chi connectivity index (χ0) is 55.1. The topological polar surface area (TPSA) is 452 Å². The van der Waals surface area contributed by atoms with Crippen molar-refractivity contribution in [2.75, 3.05) is 25.4 Å². The number of carboxylic acids is 5. The van der Waals surface area contributed by atoms with E-state index in [-0.39, 0.29) is 54.9 Å². The minimum Gasteiger partial charge on any atom is -0.480 e. The largest absolute Gasteiger partial charge is 0.480 e. The molecule has 69 heavy (non-hydrogen) atoms. The van der Waals surface area contributed by atoms with Gasteiger partial charge in [0.05, 0.1) is 12.2 Å². The number of hydrogen-bond donors (Lipinski definition) is 12. The molecule has 2 amide bonds. The molecule has 0 saturated carbocycles. The van der Waals surface area contributed by atoms with Crippen molar-refractivity contribution in [3.05, 3.63) is 60.8 Å². The monoisotopic (exact) mass is 1000 g/mol. The summed E-state index contributed by atoms with van der Waals surface area (Å²) in [5.41, 5.74) is 27.7. The van der Waals surface area contributed by atoms with Crippen molar-refractivity contribution in [3.63, 3.8) is 0 Å². The van der Waals surface area contributed by atoms with Gasteiger partial charge in [0.25, 0.3) is 0 Å². The number of Topliss-reactive ketones (excluding diaryl/α,β-unsaturated/α-hetero) is 2. The van der Waals surface area contributed by atoms with Crippen molar-refractivity contribution in [2.45, 2.75) is 123 Å². The van der Waals surface area contributed by atoms with Gasteiger partial charge in [-0.25, -0.2) is 4.79 Å². The Morgan fingerprint density at radius 3 is 1.22 bits per heavy atom. The van der Waals surface area contributed by atoms with Crippen LogP contribution >= 0.6 is 11.8 Å². The highest BCUT2D eigenvalue weighted by Gasteiger charge is 2.17. The van der Waals surface area contributed by atoms with Crippen LogP contribution < -0.4 is 39.3 Å². The summed E-state index contributed by atoms with van der Waals surface area (Å²) in [6.45, 7) is 25.6. The predicted molar refractivity (Wildman–Crippen MR) is 258 cm³/mol. The summed E-state index contributed by atoms with van der Waals surface area (Å²) in [5.74, 6) is -6.51. The van der Waals surface area contributed by atoms with Crippen LogP contribution in [0, 0.1) is 0 Å². The maximum atomic E-state index is 11.1. The Morgan fingerprint density at radius 2 is 0.855 bits per heavy atom. The summed E-state index contributed by atoms with van der Waals surface area (Å²) in [5, 5.41) is 47.2. The average Bonchev–Trinajstić information content (AvgIpc) is 3.26. The zero-order valence-electron chi connectivity index (χ0n) is 40.0. The molecule has 0 rings (SSSR count). The van der Waals surface area contributed by atoms with Gasteiger partial charge in [-0.2, -0.15) is 0 Å². The number of thioether (sulfide) groups is 1. The molecule has 0 aromatic carbocycles. The molecule has 0 saturated heterocycles. The molecule has 0 aromatic heterocycles. The molecule has 0 aliphatic carbocycles. The molecular weight excluding hydrogens is 931 g/mol. The first kappa shape index (κ1) is 71.6. The predicted octanol–water partition coefficient (Wildman–Crippen LogP) is 0.556. The second kappa shape index (κ2) is 41.8. The van der Waals surface area contributed by atoms with E-state index in [0.717, 1.165) is 11.8 Å². The molecule has 392 valence electrons. The van der Waals surface area contributed by atoms with Gasteiger partial charge in [-0.3, -0.25) is 47.9 Å². The summed E-state index contributed by atoms with van der Waals surface area (Å²) in [4.78, 5) is 117. The highest BCUT2D eigenvalue weighted by Crippen LogP contribution is 2.11. The molecule has 0 radical (unpaired) electrons. The van der Waals surface area contributed by atoms with Crippen LogP contribution in [0.4, 0.5) is 0 Å². The van der Waals surface area contributed by atoms with Crippen molar-refractivity contribution in [3.8, 4) is 0 Å². The van der Waals surface area contributed by atoms with Gasteiger partial charge in [0, 0.05) is 42.0 Å². The van der Waals surface area contributed by atoms with Crippen LogP contribution in [0.25, 0.3) is 0 Å². The molecule has 0 spiro atoms. The molecule has 0 aliphatic rings. The maximum Gasteiger partial charge on any atom is 0.333 e. The van der Waals surface area contributed by atoms with Gasteiger partial charge in [0.15, 0.2) is 11.6 Å². The zero-order valence-corrected chi connectivity index (χ0v) is 40.9. The van der Waals surface area contributed by atoms with E-state index in [2.05, 4.69) is 43.5 Å². The number of rotatable bonds is 29. The third kappa shape index (κ3) is 45.2. The number of carbonyl (C=O) groups excluding carboxylic acids is 6. The van der Waals surface area contributed by atoms with Gasteiger partial charge in [-0.1, -0.05) is 44.7 Å². The van der Waals surface area contributed by atoms with E-state index < -0.39 is 77.6 Å². The average molecular weight is 1000 g/mol. The smallest absolute Gasteiger partial charge is 0.333 e. The number of nitrogens with one attached hydrogen (secondary N) is 2. The molecule has 24 nitrogen and oxygen atoms in total. The van der Waals surface area contributed by atoms with Gasteiger partial charge in [-0.05, 0) is 91.6 Å². The quantitative estimate of drug-likeness (QED) is 0.0160. The van der Waals surface area contributed by atoms with Crippen molar-refractivity contribution in [2.24, 2.45) is 28.7 Å². The molecule has 0 bridgehead atoms. The first-order valence-corrected chi connectivity index (χ1v) is 21.8. The first-order chi connectivity index (χ1) is 31.6. The van der Waals surface area contributed by atoms with Crippen LogP contribution in [0.1, 0.15) is 92.4 Å². The van der Waals surface area contributed by atoms with Crippen LogP contribution in [0.15, 0.2) is 60.8 Å². The van der Waals surface area contributed by atoms with Crippen molar-refractivity contribution in [1.29, 1.82) is 0 Å². The lowest BCUT2D eigenvalue weighted by Gasteiger charge is -2.07. The second-order valence-corrected chi connectivity index (χ2v) is 15.9. The fourth-order valence-corrected chi connectivity index (χ4v) is 4.34. The summed E-state index contributed by atoms with van der Waals surface area (Å²) in [6.07, 6.45) is 2.81. The fraction of sp³-hybridized carbons (Fsp3) is 0.523. The van der Waals surface area contributed by atoms with Gasteiger partial charge in [-0.15, -0.1) is 0 Å². The molecule has 17 N–H and O–H groups in total. The normalized spacial score (nSPS) is 11.9. The van der Waals surface area contributed by atoms with Crippen LogP contribution in [0.2, 0.25) is 0 Å². The van der Waals surface area contributed by atoms with Crippen LogP contribution in [0.5, 0.6) is 0 Å². The Hall–Kier alpha value is -6.38. The lowest BCUT2D eigenvalue weighted by molar-refractivity contribution is -0.140. The molecule has 5 atom stereocenters. The van der Waals surface area contributed by atoms with Gasteiger partial charge >= 0.3 is 35.8 Å². The van der Waals surface area contributed by atoms with Crippen molar-refractivity contribution < 1.29 is 83.0 Å². The summed E-state index contributed by atoms with van der Waals surface area (Å²) in [6, 6.07) is -4.56. The van der Waals surface area contributed by atoms with E-state index in [9.17, 15) is 52.7 Å². The Bertz CT molecular complexity index is 1700. The van der Waals surface area contributed by atoms with E-state index in [1.807, 2.05) is 0 Å². The molecule has 0 aromatic rings. The molecule has 5 unspecified atom stereocenters. The number of hydrogen-bond acceptors (Lipinski definition) is 18. The van der Waals surface area contributed by atoms with E-state index in [0.29, 0.717) is 73.1 Å². The van der Waals surface area contributed by atoms with Gasteiger partial charge in [0.1, 0.15) is 30.2 Å². The number of ketones is 2. The molecule has 0 aliphatic heterocycles. The fourth-order valence-electron chi connectivity index (χ4n) is 3.60. The lowest BCUT2D eigenvalue weighted by Crippen LogP contribution is -2.35. The number of amides is 2. The third-order valence-electron chi connectivity index (χ3n) is 8.01. The number of nitrogens with two attached hydrogens (primary N) is 5. The van der Waals surface area contributed by atoms with Gasteiger partial charge in [0.2, 0.25) is 16.9 Å². The van der Waals surface area contributed by atoms with Crippen LogP contribution in [0.3, 0.4) is 0 Å².